The number of carbonyl (C=O) groups excluding carboxylic acids is 12. The number of carboxylic acids is 2. The van der Waals surface area contributed by atoms with Gasteiger partial charge in [0.15, 0.2) is 35.6 Å². The van der Waals surface area contributed by atoms with Gasteiger partial charge in [0.05, 0.1) is 12.6 Å². The number of aliphatic carboxylic acids is 2. The summed E-state index contributed by atoms with van der Waals surface area (Å²) in [5.41, 5.74) is 66.5. The Balaban J connectivity index is 7.18. The van der Waals surface area contributed by atoms with Crippen molar-refractivity contribution >= 4 is 112 Å². The molecule has 0 radical (unpaired) electrons. The number of aliphatic imine (C=N–C) groups is 5. The van der Waals surface area contributed by atoms with Crippen LogP contribution >= 0.6 is 0 Å². The van der Waals surface area contributed by atoms with Crippen LogP contribution in [0.5, 0.6) is 0 Å². The first-order valence-electron chi connectivity index (χ1n) is 37.7. The van der Waals surface area contributed by atoms with E-state index < -0.39 is 187 Å². The van der Waals surface area contributed by atoms with Gasteiger partial charge in [0.25, 0.3) is 0 Å². The summed E-state index contributed by atoms with van der Waals surface area (Å²) in [5, 5.41) is 47.9. The average molecular weight is 1590 g/mol. The third-order valence-corrected chi connectivity index (χ3v) is 17.3. The highest BCUT2D eigenvalue weighted by molar-refractivity contribution is 5.99. The summed E-state index contributed by atoms with van der Waals surface area (Å²) in [6.07, 6.45) is 0.290. The van der Waals surface area contributed by atoms with Crippen LogP contribution < -0.4 is 127 Å². The zero-order valence-corrected chi connectivity index (χ0v) is 65.5. The summed E-state index contributed by atoms with van der Waals surface area (Å²) in [7, 11) is 0. The summed E-state index contributed by atoms with van der Waals surface area (Å²) >= 11 is 0. The standard InChI is InChI=1S/C68H128N28O16/c1-7-38(4)53(96-61(110)46(23-16-34-85-68(79)80)92-60(109)48(25-27-52(101)102)94-57(106)42(18-8-10-28-69)89-54(103)39(5)17-12-30-81-64(71)72)63(112)95-47(24-26-51(99)100)55(104)86-36-50(98)87-49(35-37(2)3)62(111)93-45(22-15-33-84-67(77)78)59(108)90-43(19-9-11-29-70)58(107)91-44(21-14-32-83-66(75)76)56(105)88-41(40(6)97)20-13-31-82-65(73)74/h37-39,41-49,53H,7-36,69-70H2,1-6H3,(H,86,104)(H,87,98)(H,88,105)(H,89,103)(H,90,108)(H,91,107)(H,92,109)(H,93,111)(H,94,106)(H,95,112)(H,96,110)(H,99,100)(H,101,102)(H4,71,72,81)(H4,73,74,82)(H4,75,76,83)(H4,77,78,84)(H4,79,80,85)/t38-,39-,41-,42-,43-,44-,45-,46-,47-,48-,49-,53?/m0/s1. The number of nitrogens with two attached hydrogens (primary N) is 12. The van der Waals surface area contributed by atoms with Crippen LogP contribution in [0.25, 0.3) is 0 Å². The molecule has 0 aliphatic heterocycles. The molecular weight excluding hydrogens is 1460 g/mol. The number of rotatable bonds is 61. The highest BCUT2D eigenvalue weighted by Gasteiger charge is 2.37. The lowest BCUT2D eigenvalue weighted by molar-refractivity contribution is -0.139. The Morgan fingerprint density at radius 2 is 0.616 bits per heavy atom. The molecule has 0 saturated carbocycles. The molecule has 0 aromatic rings. The Hall–Kier alpha value is -10.9. The monoisotopic (exact) mass is 1590 g/mol. The quantitative estimate of drug-likeness (QED) is 0.0153. The largest absolute Gasteiger partial charge is 0.481 e. The maximum atomic E-state index is 14.5. The molecule has 0 aromatic carbocycles. The second-order valence-electron chi connectivity index (χ2n) is 27.5. The van der Waals surface area contributed by atoms with Crippen molar-refractivity contribution in [3.05, 3.63) is 0 Å². The van der Waals surface area contributed by atoms with Crippen LogP contribution in [0.3, 0.4) is 0 Å². The first kappa shape index (κ1) is 101. The van der Waals surface area contributed by atoms with Crippen molar-refractivity contribution in [3.8, 4) is 0 Å². The van der Waals surface area contributed by atoms with Crippen molar-refractivity contribution in [3.63, 3.8) is 0 Å². The lowest BCUT2D eigenvalue weighted by atomic mass is 9.96. The van der Waals surface area contributed by atoms with Crippen molar-refractivity contribution in [1.82, 2.24) is 58.5 Å². The van der Waals surface area contributed by atoms with E-state index in [1.165, 1.54) is 6.92 Å². The number of amides is 11. The van der Waals surface area contributed by atoms with Gasteiger partial charge in [0.2, 0.25) is 65.0 Å². The number of unbranched alkanes of at least 4 members (excludes halogenated alkanes) is 2. The molecule has 44 heteroatoms. The van der Waals surface area contributed by atoms with Gasteiger partial charge in [0.1, 0.15) is 54.4 Å². The Morgan fingerprint density at radius 1 is 0.330 bits per heavy atom. The molecule has 1 unspecified atom stereocenters. The molecule has 12 atom stereocenters. The Morgan fingerprint density at radius 3 is 0.938 bits per heavy atom. The smallest absolute Gasteiger partial charge is 0.303 e. The molecule has 636 valence electrons. The fraction of sp³-hybridized carbons (Fsp3) is 0.721. The minimum Gasteiger partial charge on any atom is -0.481 e. The molecular formula is C68H128N28O16. The minimum atomic E-state index is -1.71. The van der Waals surface area contributed by atoms with Crippen molar-refractivity contribution in [2.24, 2.45) is 112 Å². The molecule has 0 bridgehead atoms. The molecule has 0 fully saturated rings. The predicted octanol–water partition coefficient (Wildman–Crippen LogP) is -7.48. The van der Waals surface area contributed by atoms with Gasteiger partial charge in [-0.1, -0.05) is 41.0 Å². The van der Waals surface area contributed by atoms with E-state index in [1.807, 2.05) is 0 Å². The number of hydrogen-bond acceptors (Lipinski definition) is 21. The highest BCUT2D eigenvalue weighted by atomic mass is 16.4. The van der Waals surface area contributed by atoms with Gasteiger partial charge in [-0.15, -0.1) is 0 Å². The molecule has 0 aliphatic carbocycles. The lowest BCUT2D eigenvalue weighted by Gasteiger charge is -2.29. The van der Waals surface area contributed by atoms with Crippen LogP contribution in [0.2, 0.25) is 0 Å². The van der Waals surface area contributed by atoms with E-state index in [-0.39, 0.29) is 152 Å². The maximum absolute atomic E-state index is 14.5. The van der Waals surface area contributed by atoms with Gasteiger partial charge in [-0.3, -0.25) is 92.1 Å². The molecule has 37 N–H and O–H groups in total. The molecule has 0 aliphatic rings. The van der Waals surface area contributed by atoms with E-state index >= 15 is 0 Å². The molecule has 0 spiro atoms. The summed E-state index contributed by atoms with van der Waals surface area (Å²) in [6.45, 7) is 9.49. The Kier molecular flexibility index (Phi) is 51.6. The SMILES string of the molecule is CC[C@H](C)C(NC(=O)[C@H](CCCN=C(N)N)NC(=O)[C@H](CCC(=O)O)NC(=O)[C@H](CCCCN)NC(=O)[C@@H](C)CCCN=C(N)N)C(=O)N[C@@H](CCC(=O)O)C(=O)NCC(=O)N[C@@H](CC(C)C)C(=O)N[C@@H](CCCN=C(N)N)C(=O)N[C@@H](CCCCN)C(=O)N[C@@H](CCCN=C(N)N)C(=O)N[C@@H](CCCN=C(N)N)C(C)=O. The number of guanidine groups is 5. The number of Topliss-reactive ketones (excluding diaryl/α,β-unsaturated/α-hetero) is 1. The zero-order valence-electron chi connectivity index (χ0n) is 65.5. The second-order valence-corrected chi connectivity index (χ2v) is 27.5. The Labute approximate surface area is 653 Å². The normalized spacial score (nSPS) is 14.1. The molecule has 0 aromatic heterocycles. The molecule has 11 amide bonds. The van der Waals surface area contributed by atoms with Gasteiger partial charge in [0, 0.05) is 51.5 Å². The topological polar surface area (TPSA) is 786 Å². The third kappa shape index (κ3) is 46.5. The van der Waals surface area contributed by atoms with Gasteiger partial charge in [-0.2, -0.15) is 0 Å². The highest BCUT2D eigenvalue weighted by Crippen LogP contribution is 2.16. The molecule has 0 heterocycles. The lowest BCUT2D eigenvalue weighted by Crippen LogP contribution is -2.60. The number of carboxylic acid groups (broad SMARTS) is 2. The number of nitrogens with one attached hydrogen (secondary N) is 11. The molecule has 0 rings (SSSR count). The van der Waals surface area contributed by atoms with Gasteiger partial charge in [-0.25, -0.2) is 0 Å². The van der Waals surface area contributed by atoms with Crippen molar-refractivity contribution in [2.45, 2.75) is 243 Å². The van der Waals surface area contributed by atoms with Gasteiger partial charge >= 0.3 is 11.9 Å². The van der Waals surface area contributed by atoms with E-state index in [0.29, 0.717) is 44.9 Å². The molecule has 0 saturated heterocycles. The Bertz CT molecular complexity index is 3170. The van der Waals surface area contributed by atoms with E-state index in [0.717, 1.165) is 0 Å². The van der Waals surface area contributed by atoms with E-state index in [2.05, 4.69) is 83.4 Å². The van der Waals surface area contributed by atoms with Crippen molar-refractivity contribution in [1.29, 1.82) is 0 Å². The summed E-state index contributed by atoms with van der Waals surface area (Å²) in [5.74, 6) is -15.8. The first-order chi connectivity index (χ1) is 52.8. The van der Waals surface area contributed by atoms with Gasteiger partial charge in [-0.05, 0) is 154 Å². The third-order valence-electron chi connectivity index (χ3n) is 17.3. The van der Waals surface area contributed by atoms with Crippen LogP contribution in [0.15, 0.2) is 25.0 Å². The number of carbonyl (C=O) groups is 14. The number of hydrogen-bond donors (Lipinski definition) is 25. The average Bonchev–Trinajstić information content (AvgIpc) is 0.864. The summed E-state index contributed by atoms with van der Waals surface area (Å²) < 4.78 is 0. The van der Waals surface area contributed by atoms with E-state index in [4.69, 9.17) is 68.8 Å². The van der Waals surface area contributed by atoms with Crippen LogP contribution in [0, 0.1) is 17.8 Å². The summed E-state index contributed by atoms with van der Waals surface area (Å²) in [4.78, 5) is 212. The fourth-order valence-corrected chi connectivity index (χ4v) is 10.9. The van der Waals surface area contributed by atoms with Crippen LogP contribution in [0.4, 0.5) is 0 Å². The zero-order chi connectivity index (χ0) is 85.0. The van der Waals surface area contributed by atoms with Crippen molar-refractivity contribution < 1.29 is 77.3 Å². The maximum Gasteiger partial charge on any atom is 0.303 e. The molecule has 44 nitrogen and oxygen atoms in total. The predicted molar refractivity (Wildman–Crippen MR) is 420 cm³/mol. The minimum absolute atomic E-state index is 0.0182. The van der Waals surface area contributed by atoms with Gasteiger partial charge < -0.3 is 138 Å². The van der Waals surface area contributed by atoms with E-state index in [1.54, 1.807) is 34.6 Å². The second kappa shape index (κ2) is 57.2. The van der Waals surface area contributed by atoms with Crippen LogP contribution in [0.1, 0.15) is 183 Å². The fourth-order valence-electron chi connectivity index (χ4n) is 10.9. The van der Waals surface area contributed by atoms with Crippen molar-refractivity contribution in [2.75, 3.05) is 52.4 Å². The van der Waals surface area contributed by atoms with Crippen LogP contribution in [-0.2, 0) is 67.1 Å². The summed E-state index contributed by atoms with van der Waals surface area (Å²) in [6, 6.07) is -14.2. The number of nitrogens with zero attached hydrogens (tertiary/aromatic N) is 5. The van der Waals surface area contributed by atoms with Crippen LogP contribution in [-0.4, -0.2) is 235 Å². The first-order valence-corrected chi connectivity index (χ1v) is 37.7. The molecule has 112 heavy (non-hydrogen) atoms. The number of ketones is 1. The van der Waals surface area contributed by atoms with E-state index in [9.17, 15) is 77.3 Å².